The first kappa shape index (κ1) is 22.4. The third kappa shape index (κ3) is 8.77. The first-order chi connectivity index (χ1) is 13.1. The summed E-state index contributed by atoms with van der Waals surface area (Å²) in [5, 5.41) is 25.7. The molecule has 2 aromatic rings. The molecule has 0 unspecified atom stereocenters. The van der Waals surface area contributed by atoms with Crippen molar-refractivity contribution in [1.29, 1.82) is 0 Å². The van der Waals surface area contributed by atoms with Crippen LogP contribution in [0.4, 0.5) is 0 Å². The van der Waals surface area contributed by atoms with Gasteiger partial charge in [-0.05, 0) is 49.0 Å². The average Bonchev–Trinajstić information content (AvgIpc) is 3.26. The van der Waals surface area contributed by atoms with Crippen LogP contribution in [0.25, 0.3) is 0 Å². The Morgan fingerprint density at radius 2 is 1.15 bits per heavy atom. The summed E-state index contributed by atoms with van der Waals surface area (Å²) < 4.78 is 3.75. The van der Waals surface area contributed by atoms with Gasteiger partial charge in [0.2, 0.25) is 10.3 Å². The van der Waals surface area contributed by atoms with Crippen molar-refractivity contribution in [3.8, 4) is 0 Å². The van der Waals surface area contributed by atoms with Gasteiger partial charge in [0.25, 0.3) is 0 Å². The van der Waals surface area contributed by atoms with Crippen LogP contribution in [0.5, 0.6) is 0 Å². The van der Waals surface area contributed by atoms with Gasteiger partial charge in [0.1, 0.15) is 0 Å². The molecule has 10 nitrogen and oxygen atoms in total. The molecule has 2 heterocycles. The molecule has 0 amide bonds. The highest BCUT2D eigenvalue weighted by Gasteiger charge is 2.08. The van der Waals surface area contributed by atoms with Crippen LogP contribution in [0.15, 0.2) is 10.3 Å². The Balaban J connectivity index is 1.57. The molecule has 0 radical (unpaired) electrons. The van der Waals surface area contributed by atoms with Gasteiger partial charge in [-0.2, -0.15) is 11.8 Å². The van der Waals surface area contributed by atoms with E-state index in [0.717, 1.165) is 59.5 Å². The maximum Gasteiger partial charge on any atom is 0.209 e. The first-order valence-electron chi connectivity index (χ1n) is 8.71. The third-order valence-electron chi connectivity index (χ3n) is 3.43. The van der Waals surface area contributed by atoms with Crippen molar-refractivity contribution in [3.05, 3.63) is 0 Å². The fourth-order valence-corrected chi connectivity index (χ4v) is 4.88. The Hall–Kier alpha value is -0.890. The van der Waals surface area contributed by atoms with Crippen molar-refractivity contribution in [2.24, 2.45) is 0 Å². The van der Waals surface area contributed by atoms with Gasteiger partial charge in [-0.3, -0.25) is 0 Å². The Kier molecular flexibility index (Phi) is 10.4. The highest BCUT2D eigenvalue weighted by molar-refractivity contribution is 8.04. The molecule has 27 heavy (non-hydrogen) atoms. The predicted octanol–water partition coefficient (Wildman–Crippen LogP) is 0.400. The second-order valence-corrected chi connectivity index (χ2v) is 9.63. The lowest BCUT2D eigenvalue weighted by atomic mass is 10.6. The average molecular weight is 433 g/mol. The normalized spacial score (nSPS) is 11.8. The third-order valence-corrected chi connectivity index (χ3v) is 6.85. The molecule has 0 aliphatic heterocycles. The summed E-state index contributed by atoms with van der Waals surface area (Å²) >= 11 is 5.36. The van der Waals surface area contributed by atoms with Crippen LogP contribution in [-0.2, 0) is 13.1 Å². The number of hydrogen-bond acceptors (Lipinski definition) is 11. The van der Waals surface area contributed by atoms with E-state index in [1.165, 1.54) is 0 Å². The summed E-state index contributed by atoms with van der Waals surface area (Å²) in [4.78, 5) is 4.25. The quantitative estimate of drug-likeness (QED) is 0.307. The topological polar surface area (TPSA) is 93.7 Å². The Morgan fingerprint density at radius 3 is 1.56 bits per heavy atom. The van der Waals surface area contributed by atoms with Crippen molar-refractivity contribution in [2.45, 2.75) is 23.4 Å². The van der Waals surface area contributed by atoms with E-state index < -0.39 is 0 Å². The van der Waals surface area contributed by atoms with E-state index in [4.69, 9.17) is 0 Å². The lowest BCUT2D eigenvalue weighted by molar-refractivity contribution is 0.361. The fourth-order valence-electron chi connectivity index (χ4n) is 1.96. The van der Waals surface area contributed by atoms with Crippen LogP contribution in [0.1, 0.15) is 0 Å². The summed E-state index contributed by atoms with van der Waals surface area (Å²) in [6.07, 6.45) is 0. The van der Waals surface area contributed by atoms with E-state index in [0.29, 0.717) is 0 Å². The van der Waals surface area contributed by atoms with E-state index >= 15 is 0 Å². The molecule has 13 heteroatoms. The zero-order chi connectivity index (χ0) is 19.5. The Labute approximate surface area is 173 Å². The highest BCUT2D eigenvalue weighted by atomic mass is 32.2. The maximum atomic E-state index is 4.11. The van der Waals surface area contributed by atoms with Gasteiger partial charge < -0.3 is 9.80 Å². The minimum Gasteiger partial charge on any atom is -0.308 e. The van der Waals surface area contributed by atoms with Crippen LogP contribution < -0.4 is 0 Å². The molecule has 0 spiro atoms. The zero-order valence-electron chi connectivity index (χ0n) is 16.4. The monoisotopic (exact) mass is 432 g/mol. The minimum absolute atomic E-state index is 0.814. The number of thioether (sulfide) groups is 3. The van der Waals surface area contributed by atoms with E-state index in [1.807, 2.05) is 49.3 Å². The number of hydrogen-bond donors (Lipinski definition) is 0. The number of rotatable bonds is 14. The standard InChI is InChI=1S/C14H28N10S3/c1-21(2)5-7-23-13(15-17-19-23)26-11-9-25-10-12-27-14-16-18-20-24(14)8-6-22(3)4/h5-12H2,1-4H3. The van der Waals surface area contributed by atoms with Crippen LogP contribution in [0, 0.1) is 0 Å². The fraction of sp³-hybridized carbons (Fsp3) is 0.857. The van der Waals surface area contributed by atoms with Crippen molar-refractivity contribution >= 4 is 35.3 Å². The van der Waals surface area contributed by atoms with Crippen molar-refractivity contribution in [2.75, 3.05) is 64.3 Å². The summed E-state index contributed by atoms with van der Waals surface area (Å²) in [5.74, 6) is 4.13. The smallest absolute Gasteiger partial charge is 0.209 e. The molecule has 0 bridgehead atoms. The molecule has 2 rings (SSSR count). The van der Waals surface area contributed by atoms with Crippen LogP contribution >= 0.6 is 35.3 Å². The van der Waals surface area contributed by atoms with Gasteiger partial charge in [0.05, 0.1) is 13.1 Å². The van der Waals surface area contributed by atoms with Crippen LogP contribution in [-0.4, -0.2) is 115 Å². The molecule has 0 saturated heterocycles. The minimum atomic E-state index is 0.814. The summed E-state index contributed by atoms with van der Waals surface area (Å²) in [5.41, 5.74) is 0. The highest BCUT2D eigenvalue weighted by Crippen LogP contribution is 2.18. The lowest BCUT2D eigenvalue weighted by Crippen LogP contribution is -2.19. The van der Waals surface area contributed by atoms with Crippen LogP contribution in [0.3, 0.4) is 0 Å². The van der Waals surface area contributed by atoms with E-state index in [1.54, 1.807) is 23.5 Å². The van der Waals surface area contributed by atoms with Gasteiger partial charge in [-0.25, -0.2) is 9.36 Å². The van der Waals surface area contributed by atoms with Crippen LogP contribution in [0.2, 0.25) is 0 Å². The SMILES string of the molecule is CN(C)CCn1nnnc1SCCSCCSc1nnnn1CCN(C)C. The second kappa shape index (κ2) is 12.5. The Morgan fingerprint density at radius 1 is 0.704 bits per heavy atom. The van der Waals surface area contributed by atoms with Crippen molar-refractivity contribution in [1.82, 2.24) is 50.2 Å². The number of aromatic nitrogens is 8. The molecule has 0 N–H and O–H groups in total. The molecule has 0 aromatic carbocycles. The molecular weight excluding hydrogens is 404 g/mol. The maximum absolute atomic E-state index is 4.11. The van der Waals surface area contributed by atoms with Gasteiger partial charge >= 0.3 is 0 Å². The number of likely N-dealkylation sites (N-methyl/N-ethyl adjacent to an activating group) is 2. The van der Waals surface area contributed by atoms with E-state index in [-0.39, 0.29) is 0 Å². The van der Waals surface area contributed by atoms with Gasteiger partial charge in [0.15, 0.2) is 0 Å². The van der Waals surface area contributed by atoms with E-state index in [2.05, 4.69) is 40.9 Å². The molecular formula is C14H28N10S3. The van der Waals surface area contributed by atoms with Gasteiger partial charge in [-0.1, -0.05) is 23.5 Å². The Bertz CT molecular complexity index is 590. The molecule has 0 atom stereocenters. The molecule has 152 valence electrons. The summed E-state index contributed by atoms with van der Waals surface area (Å²) in [6.45, 7) is 3.49. The lowest BCUT2D eigenvalue weighted by Gasteiger charge is -2.10. The first-order valence-corrected chi connectivity index (χ1v) is 11.8. The zero-order valence-corrected chi connectivity index (χ0v) is 18.8. The molecule has 0 aliphatic carbocycles. The summed E-state index contributed by atoms with van der Waals surface area (Å²) in [7, 11) is 8.19. The predicted molar refractivity (Wildman–Crippen MR) is 112 cm³/mol. The number of nitrogens with zero attached hydrogens (tertiary/aromatic N) is 10. The van der Waals surface area contributed by atoms with E-state index in [9.17, 15) is 0 Å². The largest absolute Gasteiger partial charge is 0.308 e. The molecule has 2 aromatic heterocycles. The molecule has 0 fully saturated rings. The second-order valence-electron chi connectivity index (χ2n) is 6.29. The summed E-state index contributed by atoms with van der Waals surface area (Å²) in [6, 6.07) is 0. The van der Waals surface area contributed by atoms with Crippen molar-refractivity contribution in [3.63, 3.8) is 0 Å². The molecule has 0 aliphatic rings. The number of tetrazole rings is 2. The van der Waals surface area contributed by atoms with Gasteiger partial charge in [-0.15, -0.1) is 10.2 Å². The van der Waals surface area contributed by atoms with Gasteiger partial charge in [0, 0.05) is 36.1 Å². The molecule has 0 saturated carbocycles. The van der Waals surface area contributed by atoms with Crippen molar-refractivity contribution < 1.29 is 0 Å².